The average Bonchev–Trinajstić information content (AvgIpc) is 3.01. The third-order valence-electron chi connectivity index (χ3n) is 10.3. The third kappa shape index (κ3) is 3.27. The minimum atomic E-state index is -0.748. The van der Waals surface area contributed by atoms with E-state index in [4.69, 9.17) is 5.11 Å². The van der Waals surface area contributed by atoms with E-state index in [9.17, 15) is 20.1 Å². The number of carbonyl (C=O) groups is 1. The highest BCUT2D eigenvalue weighted by molar-refractivity contribution is 5.66. The van der Waals surface area contributed by atoms with Gasteiger partial charge in [-0.2, -0.15) is 0 Å². The summed E-state index contributed by atoms with van der Waals surface area (Å²) in [5.41, 5.74) is -0.143. The maximum atomic E-state index is 11.5. The van der Waals surface area contributed by atoms with Crippen molar-refractivity contribution in [2.24, 2.45) is 46.3 Å². The Kier molecular flexibility index (Phi) is 5.57. The van der Waals surface area contributed by atoms with E-state index >= 15 is 0 Å². The van der Waals surface area contributed by atoms with Gasteiger partial charge in [-0.1, -0.05) is 20.8 Å². The highest BCUT2D eigenvalue weighted by atomic mass is 16.4. The van der Waals surface area contributed by atoms with E-state index in [1.54, 1.807) is 0 Å². The number of aliphatic carboxylic acids is 1. The number of fused-ring (bicyclic) bond motifs is 5. The molecule has 4 rings (SSSR count). The predicted molar refractivity (Wildman–Crippen MR) is 110 cm³/mol. The van der Waals surface area contributed by atoms with E-state index in [1.165, 1.54) is 0 Å². The smallest absolute Gasteiger partial charge is 0.303 e. The molecule has 0 spiro atoms. The van der Waals surface area contributed by atoms with Crippen molar-refractivity contribution < 1.29 is 25.2 Å². The van der Waals surface area contributed by atoms with Crippen LogP contribution in [0.4, 0.5) is 0 Å². The van der Waals surface area contributed by atoms with E-state index in [2.05, 4.69) is 20.8 Å². The molecule has 6 unspecified atom stereocenters. The number of carboxylic acid groups (broad SMARTS) is 1. The normalized spacial score (nSPS) is 52.9. The molecule has 0 amide bonds. The second kappa shape index (κ2) is 7.49. The lowest BCUT2D eigenvalue weighted by Crippen LogP contribution is -2.62. The lowest BCUT2D eigenvalue weighted by Gasteiger charge is -2.63. The van der Waals surface area contributed by atoms with Gasteiger partial charge in [0.1, 0.15) is 0 Å². The third-order valence-corrected chi connectivity index (χ3v) is 10.3. The highest BCUT2D eigenvalue weighted by Gasteiger charge is 2.65. The number of hydrogen-bond acceptors (Lipinski definition) is 4. The molecule has 11 atom stereocenters. The molecule has 4 saturated carbocycles. The molecule has 0 aromatic carbocycles. The highest BCUT2D eigenvalue weighted by Crippen LogP contribution is 2.68. The zero-order valence-corrected chi connectivity index (χ0v) is 18.3. The minimum absolute atomic E-state index is 0.0957. The first-order valence-electron chi connectivity index (χ1n) is 11.8. The summed E-state index contributed by atoms with van der Waals surface area (Å²) in [6, 6.07) is 0. The molecule has 0 aliphatic heterocycles. The molecule has 5 heteroatoms. The molecular weight excluding hydrogens is 368 g/mol. The summed E-state index contributed by atoms with van der Waals surface area (Å²) in [7, 11) is 0. The number of hydrogen-bond donors (Lipinski definition) is 4. The van der Waals surface area contributed by atoms with Gasteiger partial charge in [0.05, 0.1) is 18.3 Å². The molecule has 4 fully saturated rings. The second-order valence-electron chi connectivity index (χ2n) is 11.4. The van der Waals surface area contributed by atoms with Gasteiger partial charge >= 0.3 is 5.97 Å². The van der Waals surface area contributed by atoms with Crippen LogP contribution in [-0.2, 0) is 4.79 Å². The lowest BCUT2D eigenvalue weighted by atomic mass is 9.43. The standard InChI is InChI=1S/C24H40O5/c1-13(4-7-21(28)29)16-5-6-17-22-18(12-20(27)24(16,17)3)23(2)9-8-15(25)10-14(23)11-19(22)26/h13-20,22,25-27H,4-12H2,1-3H3,(H,28,29)/t13?,14-,15?,16+,17?,18?,19-,20?,22?,23-,24+/m0/s1. The maximum Gasteiger partial charge on any atom is 0.303 e. The van der Waals surface area contributed by atoms with Crippen LogP contribution in [0.15, 0.2) is 0 Å². The number of aliphatic hydroxyl groups excluding tert-OH is 3. The van der Waals surface area contributed by atoms with E-state index in [0.717, 1.165) is 44.9 Å². The summed E-state index contributed by atoms with van der Waals surface area (Å²) in [5.74, 6) is 0.997. The average molecular weight is 409 g/mol. The van der Waals surface area contributed by atoms with Gasteiger partial charge in [-0.3, -0.25) is 4.79 Å². The van der Waals surface area contributed by atoms with Crippen molar-refractivity contribution in [2.45, 2.75) is 96.9 Å². The van der Waals surface area contributed by atoms with E-state index in [0.29, 0.717) is 30.1 Å². The molecule has 4 aliphatic rings. The summed E-state index contributed by atoms with van der Waals surface area (Å²) in [5, 5.41) is 42.0. The fraction of sp³-hybridized carbons (Fsp3) is 0.958. The van der Waals surface area contributed by atoms with Crippen molar-refractivity contribution in [1.82, 2.24) is 0 Å². The van der Waals surface area contributed by atoms with E-state index in [-0.39, 0.29) is 41.3 Å². The van der Waals surface area contributed by atoms with Crippen LogP contribution < -0.4 is 0 Å². The molecule has 5 nitrogen and oxygen atoms in total. The number of aliphatic hydroxyl groups is 3. The van der Waals surface area contributed by atoms with Crippen molar-refractivity contribution in [2.75, 3.05) is 0 Å². The summed E-state index contributed by atoms with van der Waals surface area (Å²) >= 11 is 0. The minimum Gasteiger partial charge on any atom is -0.481 e. The van der Waals surface area contributed by atoms with E-state index in [1.807, 2.05) is 0 Å². The maximum absolute atomic E-state index is 11.5. The molecule has 0 bridgehead atoms. The van der Waals surface area contributed by atoms with Gasteiger partial charge in [0, 0.05) is 6.42 Å². The number of carboxylic acids is 1. The largest absolute Gasteiger partial charge is 0.481 e. The van der Waals surface area contributed by atoms with Crippen LogP contribution in [0, 0.1) is 46.3 Å². The fourth-order valence-electron chi connectivity index (χ4n) is 8.68. The van der Waals surface area contributed by atoms with Crippen LogP contribution in [0.2, 0.25) is 0 Å². The van der Waals surface area contributed by atoms with Crippen molar-refractivity contribution >= 4 is 5.97 Å². The zero-order chi connectivity index (χ0) is 21.1. The molecule has 166 valence electrons. The van der Waals surface area contributed by atoms with Gasteiger partial charge in [-0.05, 0) is 97.7 Å². The Morgan fingerprint density at radius 2 is 1.76 bits per heavy atom. The van der Waals surface area contributed by atoms with Gasteiger partial charge < -0.3 is 20.4 Å². The van der Waals surface area contributed by atoms with Gasteiger partial charge in [-0.15, -0.1) is 0 Å². The van der Waals surface area contributed by atoms with Crippen molar-refractivity contribution in [3.63, 3.8) is 0 Å². The fourth-order valence-corrected chi connectivity index (χ4v) is 8.68. The first-order valence-corrected chi connectivity index (χ1v) is 11.8. The summed E-state index contributed by atoms with van der Waals surface area (Å²) < 4.78 is 0. The molecule has 4 aliphatic carbocycles. The van der Waals surface area contributed by atoms with Gasteiger partial charge in [0.25, 0.3) is 0 Å². The molecule has 4 N–H and O–H groups in total. The molecule has 0 radical (unpaired) electrons. The van der Waals surface area contributed by atoms with Crippen LogP contribution in [0.25, 0.3) is 0 Å². The Labute approximate surface area is 174 Å². The number of rotatable bonds is 4. The van der Waals surface area contributed by atoms with Crippen LogP contribution in [0.3, 0.4) is 0 Å². The Bertz CT molecular complexity index is 637. The lowest BCUT2D eigenvalue weighted by molar-refractivity contribution is -0.207. The first-order chi connectivity index (χ1) is 13.6. The first kappa shape index (κ1) is 21.6. The molecule has 0 saturated heterocycles. The van der Waals surface area contributed by atoms with Gasteiger partial charge in [0.2, 0.25) is 0 Å². The molecular formula is C24H40O5. The zero-order valence-electron chi connectivity index (χ0n) is 18.3. The Balaban J connectivity index is 1.61. The van der Waals surface area contributed by atoms with Crippen LogP contribution in [-0.4, -0.2) is 44.7 Å². The van der Waals surface area contributed by atoms with Crippen molar-refractivity contribution in [3.8, 4) is 0 Å². The quantitative estimate of drug-likeness (QED) is 0.571. The van der Waals surface area contributed by atoms with Crippen molar-refractivity contribution in [1.29, 1.82) is 0 Å². The van der Waals surface area contributed by atoms with Gasteiger partial charge in [-0.25, -0.2) is 0 Å². The Morgan fingerprint density at radius 1 is 1.03 bits per heavy atom. The monoisotopic (exact) mass is 408 g/mol. The second-order valence-corrected chi connectivity index (χ2v) is 11.4. The van der Waals surface area contributed by atoms with Crippen LogP contribution >= 0.6 is 0 Å². The molecule has 0 aromatic heterocycles. The molecule has 29 heavy (non-hydrogen) atoms. The molecule has 0 aromatic rings. The SMILES string of the molecule is CC(CCC(=O)O)[C@H]1CCC2C3C(CC(O)[C@@]21C)[C@@]1(C)CCC(O)C[C@H]1C[C@@H]3O. The van der Waals surface area contributed by atoms with Crippen LogP contribution in [0.5, 0.6) is 0 Å². The summed E-state index contributed by atoms with van der Waals surface area (Å²) in [6.07, 6.45) is 6.00. The van der Waals surface area contributed by atoms with Crippen molar-refractivity contribution in [3.05, 3.63) is 0 Å². The summed E-state index contributed by atoms with van der Waals surface area (Å²) in [6.45, 7) is 6.72. The Morgan fingerprint density at radius 3 is 2.45 bits per heavy atom. The van der Waals surface area contributed by atoms with E-state index < -0.39 is 12.1 Å². The topological polar surface area (TPSA) is 98.0 Å². The molecule has 0 heterocycles. The summed E-state index contributed by atoms with van der Waals surface area (Å²) in [4.78, 5) is 11.1. The predicted octanol–water partition coefficient (Wildman–Crippen LogP) is 3.45. The van der Waals surface area contributed by atoms with Gasteiger partial charge in [0.15, 0.2) is 0 Å². The Hall–Kier alpha value is -0.650. The van der Waals surface area contributed by atoms with Crippen LogP contribution in [0.1, 0.15) is 78.6 Å².